The number of rotatable bonds is 7. The molecule has 1 N–H and O–H groups in total. The standard InChI is InChI=1S/C13H20ClNO2/c1-10(2)16-6-7-17-13-5-4-11(9-15-3)8-12(13)14/h4-5,8,10,15H,6-7,9H2,1-3H3. The van der Waals surface area contributed by atoms with Gasteiger partial charge in [-0.1, -0.05) is 17.7 Å². The molecule has 0 bridgehead atoms. The lowest BCUT2D eigenvalue weighted by Gasteiger charge is -2.11. The van der Waals surface area contributed by atoms with Crippen molar-refractivity contribution >= 4 is 11.6 Å². The predicted molar refractivity (Wildman–Crippen MR) is 70.8 cm³/mol. The Hall–Kier alpha value is -0.770. The number of halogens is 1. The van der Waals surface area contributed by atoms with Crippen molar-refractivity contribution in [2.24, 2.45) is 0 Å². The van der Waals surface area contributed by atoms with E-state index in [1.807, 2.05) is 39.1 Å². The Balaban J connectivity index is 2.43. The molecular weight excluding hydrogens is 238 g/mol. The van der Waals surface area contributed by atoms with Gasteiger partial charge in [0, 0.05) is 6.54 Å². The van der Waals surface area contributed by atoms with Gasteiger partial charge in [0.05, 0.1) is 17.7 Å². The molecule has 0 amide bonds. The van der Waals surface area contributed by atoms with E-state index in [1.54, 1.807) is 0 Å². The summed E-state index contributed by atoms with van der Waals surface area (Å²) in [5.41, 5.74) is 1.14. The van der Waals surface area contributed by atoms with E-state index in [9.17, 15) is 0 Å². The van der Waals surface area contributed by atoms with Gasteiger partial charge in [0.25, 0.3) is 0 Å². The second-order valence-electron chi connectivity index (χ2n) is 4.06. The van der Waals surface area contributed by atoms with Crippen molar-refractivity contribution in [1.82, 2.24) is 5.32 Å². The number of benzene rings is 1. The quantitative estimate of drug-likeness (QED) is 0.762. The zero-order valence-corrected chi connectivity index (χ0v) is 11.4. The first-order valence-electron chi connectivity index (χ1n) is 5.81. The molecule has 3 nitrogen and oxygen atoms in total. The SMILES string of the molecule is CNCc1ccc(OCCOC(C)C)c(Cl)c1. The average Bonchev–Trinajstić information content (AvgIpc) is 2.27. The molecule has 0 unspecified atom stereocenters. The van der Waals surface area contributed by atoms with E-state index < -0.39 is 0 Å². The van der Waals surface area contributed by atoms with Crippen molar-refractivity contribution in [3.05, 3.63) is 28.8 Å². The first-order chi connectivity index (χ1) is 8.13. The number of hydrogen-bond donors (Lipinski definition) is 1. The molecule has 1 aromatic rings. The lowest BCUT2D eigenvalue weighted by atomic mass is 10.2. The summed E-state index contributed by atoms with van der Waals surface area (Å²) in [6, 6.07) is 5.81. The van der Waals surface area contributed by atoms with Gasteiger partial charge in [0.15, 0.2) is 0 Å². The van der Waals surface area contributed by atoms with Crippen LogP contribution in [0.15, 0.2) is 18.2 Å². The fourth-order valence-electron chi connectivity index (χ4n) is 1.41. The minimum Gasteiger partial charge on any atom is -0.490 e. The molecular formula is C13H20ClNO2. The maximum absolute atomic E-state index is 6.11. The van der Waals surface area contributed by atoms with Crippen LogP contribution in [-0.4, -0.2) is 26.4 Å². The van der Waals surface area contributed by atoms with Gasteiger partial charge in [0.1, 0.15) is 12.4 Å². The van der Waals surface area contributed by atoms with Gasteiger partial charge in [0.2, 0.25) is 0 Å². The summed E-state index contributed by atoms with van der Waals surface area (Å²) in [4.78, 5) is 0. The number of hydrogen-bond acceptors (Lipinski definition) is 3. The van der Waals surface area contributed by atoms with Crippen LogP contribution in [0.3, 0.4) is 0 Å². The van der Waals surface area contributed by atoms with Crippen LogP contribution < -0.4 is 10.1 Å². The molecule has 0 aliphatic carbocycles. The highest BCUT2D eigenvalue weighted by Gasteiger charge is 2.03. The van der Waals surface area contributed by atoms with Gasteiger partial charge in [-0.05, 0) is 38.6 Å². The summed E-state index contributed by atoms with van der Waals surface area (Å²) in [5, 5.41) is 3.72. The summed E-state index contributed by atoms with van der Waals surface area (Å²) in [6.45, 7) is 5.89. The Labute approximate surface area is 108 Å². The molecule has 0 atom stereocenters. The van der Waals surface area contributed by atoms with Crippen molar-refractivity contribution in [3.8, 4) is 5.75 Å². The fourth-order valence-corrected chi connectivity index (χ4v) is 1.67. The van der Waals surface area contributed by atoms with E-state index in [-0.39, 0.29) is 6.10 Å². The van der Waals surface area contributed by atoms with Gasteiger partial charge in [-0.25, -0.2) is 0 Å². The molecule has 1 aromatic carbocycles. The molecule has 17 heavy (non-hydrogen) atoms. The summed E-state index contributed by atoms with van der Waals surface area (Å²) >= 11 is 6.11. The molecule has 0 aromatic heterocycles. The van der Waals surface area contributed by atoms with E-state index in [0.29, 0.717) is 24.0 Å². The largest absolute Gasteiger partial charge is 0.490 e. The lowest BCUT2D eigenvalue weighted by Crippen LogP contribution is -2.11. The smallest absolute Gasteiger partial charge is 0.138 e. The van der Waals surface area contributed by atoms with Crippen LogP contribution in [0, 0.1) is 0 Å². The van der Waals surface area contributed by atoms with Crippen LogP contribution in [0.1, 0.15) is 19.4 Å². The lowest BCUT2D eigenvalue weighted by molar-refractivity contribution is 0.0553. The van der Waals surface area contributed by atoms with E-state index in [1.165, 1.54) is 0 Å². The van der Waals surface area contributed by atoms with Crippen LogP contribution in [0.5, 0.6) is 5.75 Å². The molecule has 0 saturated carbocycles. The minimum atomic E-state index is 0.229. The van der Waals surface area contributed by atoms with Crippen molar-refractivity contribution in [3.63, 3.8) is 0 Å². The molecule has 0 aliphatic heterocycles. The van der Waals surface area contributed by atoms with Crippen molar-refractivity contribution < 1.29 is 9.47 Å². The first-order valence-corrected chi connectivity index (χ1v) is 6.18. The topological polar surface area (TPSA) is 30.5 Å². The zero-order chi connectivity index (χ0) is 12.7. The van der Waals surface area contributed by atoms with Gasteiger partial charge in [-0.15, -0.1) is 0 Å². The zero-order valence-electron chi connectivity index (χ0n) is 10.6. The first kappa shape index (κ1) is 14.3. The van der Waals surface area contributed by atoms with E-state index in [4.69, 9.17) is 21.1 Å². The summed E-state index contributed by atoms with van der Waals surface area (Å²) in [6.07, 6.45) is 0.229. The number of ether oxygens (including phenoxy) is 2. The Morgan fingerprint density at radius 2 is 2.06 bits per heavy atom. The molecule has 0 saturated heterocycles. The molecule has 96 valence electrons. The minimum absolute atomic E-state index is 0.229. The predicted octanol–water partition coefficient (Wildman–Crippen LogP) is 2.86. The molecule has 0 spiro atoms. The maximum atomic E-state index is 6.11. The summed E-state index contributed by atoms with van der Waals surface area (Å²) in [7, 11) is 1.90. The molecule has 1 rings (SSSR count). The highest BCUT2D eigenvalue weighted by atomic mass is 35.5. The molecule has 0 fully saturated rings. The van der Waals surface area contributed by atoms with Crippen LogP contribution in [-0.2, 0) is 11.3 Å². The summed E-state index contributed by atoms with van der Waals surface area (Å²) in [5.74, 6) is 0.707. The van der Waals surface area contributed by atoms with Crippen molar-refractivity contribution in [2.75, 3.05) is 20.3 Å². The van der Waals surface area contributed by atoms with Gasteiger partial charge < -0.3 is 14.8 Å². The van der Waals surface area contributed by atoms with Crippen molar-refractivity contribution in [2.45, 2.75) is 26.5 Å². The third-order valence-electron chi connectivity index (χ3n) is 2.17. The van der Waals surface area contributed by atoms with Crippen molar-refractivity contribution in [1.29, 1.82) is 0 Å². The monoisotopic (exact) mass is 257 g/mol. The molecule has 0 radical (unpaired) electrons. The van der Waals surface area contributed by atoms with Crippen LogP contribution in [0.25, 0.3) is 0 Å². The van der Waals surface area contributed by atoms with E-state index in [2.05, 4.69) is 5.32 Å². The molecule has 0 aliphatic rings. The molecule has 4 heteroatoms. The second-order valence-corrected chi connectivity index (χ2v) is 4.47. The maximum Gasteiger partial charge on any atom is 0.138 e. The second kappa shape index (κ2) is 7.54. The third kappa shape index (κ3) is 5.39. The van der Waals surface area contributed by atoms with Gasteiger partial charge >= 0.3 is 0 Å². The summed E-state index contributed by atoms with van der Waals surface area (Å²) < 4.78 is 10.9. The highest BCUT2D eigenvalue weighted by Crippen LogP contribution is 2.25. The Kier molecular flexibility index (Phi) is 6.34. The Morgan fingerprint density at radius 3 is 2.65 bits per heavy atom. The van der Waals surface area contributed by atoms with E-state index in [0.717, 1.165) is 12.1 Å². The highest BCUT2D eigenvalue weighted by molar-refractivity contribution is 6.32. The fraction of sp³-hybridized carbons (Fsp3) is 0.538. The normalized spacial score (nSPS) is 10.9. The Bertz CT molecular complexity index is 342. The number of nitrogens with one attached hydrogen (secondary N) is 1. The van der Waals surface area contributed by atoms with Crippen LogP contribution >= 0.6 is 11.6 Å². The van der Waals surface area contributed by atoms with Crippen LogP contribution in [0.2, 0.25) is 5.02 Å². The van der Waals surface area contributed by atoms with Gasteiger partial charge in [-0.3, -0.25) is 0 Å². The molecule has 0 heterocycles. The van der Waals surface area contributed by atoms with Crippen LogP contribution in [0.4, 0.5) is 0 Å². The van der Waals surface area contributed by atoms with Gasteiger partial charge in [-0.2, -0.15) is 0 Å². The third-order valence-corrected chi connectivity index (χ3v) is 2.46. The van der Waals surface area contributed by atoms with E-state index >= 15 is 0 Å². The average molecular weight is 258 g/mol. The Morgan fingerprint density at radius 1 is 1.29 bits per heavy atom.